The van der Waals surface area contributed by atoms with Gasteiger partial charge in [0.25, 0.3) is 0 Å². The monoisotopic (exact) mass is 266 g/mol. The Balaban J connectivity index is 2.11. The Bertz CT molecular complexity index is 413. The molecular formula is C9H9F3N2O2S. The van der Waals surface area contributed by atoms with Crippen LogP contribution in [0.3, 0.4) is 0 Å². The summed E-state index contributed by atoms with van der Waals surface area (Å²) in [5, 5.41) is 1.93. The molecule has 0 radical (unpaired) electrons. The lowest BCUT2D eigenvalue weighted by molar-refractivity contribution is -0.137. The quantitative estimate of drug-likeness (QED) is 0.821. The number of halogens is 3. The number of ketones is 1. The fraction of sp³-hybridized carbons (Fsp3) is 0.556. The molecule has 1 aromatic heterocycles. The SMILES string of the molecule is O=C(c1cnc(C(F)(F)F)s1)C1CNCCO1. The van der Waals surface area contributed by atoms with Gasteiger partial charge >= 0.3 is 6.18 Å². The lowest BCUT2D eigenvalue weighted by Crippen LogP contribution is -2.42. The number of carbonyl (C=O) groups is 1. The highest BCUT2D eigenvalue weighted by atomic mass is 32.1. The third kappa shape index (κ3) is 2.82. The first-order valence-corrected chi connectivity index (χ1v) is 5.69. The van der Waals surface area contributed by atoms with Crippen molar-refractivity contribution in [3.05, 3.63) is 16.1 Å². The Hall–Kier alpha value is -0.990. The van der Waals surface area contributed by atoms with Crippen LogP contribution in [0, 0.1) is 0 Å². The van der Waals surface area contributed by atoms with Crippen LogP contribution in [0.2, 0.25) is 0 Å². The number of nitrogens with one attached hydrogen (secondary N) is 1. The summed E-state index contributed by atoms with van der Waals surface area (Å²) in [7, 11) is 0. The minimum atomic E-state index is -4.51. The van der Waals surface area contributed by atoms with E-state index in [1.807, 2.05) is 0 Å². The standard InChI is InChI=1S/C9H9F3N2O2S/c10-9(11,12)8-14-4-6(17-8)7(15)5-3-13-1-2-16-5/h4-5,13H,1-3H2. The Morgan fingerprint density at radius 2 is 2.35 bits per heavy atom. The number of hydrogen-bond acceptors (Lipinski definition) is 5. The number of carbonyl (C=O) groups excluding carboxylic acids is 1. The molecule has 0 spiro atoms. The summed E-state index contributed by atoms with van der Waals surface area (Å²) in [5.74, 6) is -0.454. The second kappa shape index (κ2) is 4.71. The van der Waals surface area contributed by atoms with Crippen LogP contribution in [0.25, 0.3) is 0 Å². The molecule has 1 aromatic rings. The highest BCUT2D eigenvalue weighted by molar-refractivity contribution is 7.13. The van der Waals surface area contributed by atoms with Crippen molar-refractivity contribution >= 4 is 17.1 Å². The van der Waals surface area contributed by atoms with Gasteiger partial charge in [0.15, 0.2) is 5.01 Å². The van der Waals surface area contributed by atoms with Crippen molar-refractivity contribution in [1.82, 2.24) is 10.3 Å². The topological polar surface area (TPSA) is 51.2 Å². The number of hydrogen-bond donors (Lipinski definition) is 1. The molecule has 1 fully saturated rings. The summed E-state index contributed by atoms with van der Waals surface area (Å²) in [6.45, 7) is 1.33. The van der Waals surface area contributed by atoms with Crippen molar-refractivity contribution < 1.29 is 22.7 Å². The Morgan fingerprint density at radius 1 is 1.59 bits per heavy atom. The van der Waals surface area contributed by atoms with Gasteiger partial charge < -0.3 is 10.1 Å². The molecular weight excluding hydrogens is 257 g/mol. The van der Waals surface area contributed by atoms with Gasteiger partial charge in [-0.2, -0.15) is 13.2 Å². The molecule has 1 aliphatic rings. The first-order valence-electron chi connectivity index (χ1n) is 4.88. The molecule has 1 aliphatic heterocycles. The molecule has 4 nitrogen and oxygen atoms in total. The molecule has 1 N–H and O–H groups in total. The number of nitrogens with zero attached hydrogens (tertiary/aromatic N) is 1. The third-order valence-electron chi connectivity index (χ3n) is 2.21. The Kier molecular flexibility index (Phi) is 3.45. The molecule has 0 aromatic carbocycles. The zero-order valence-corrected chi connectivity index (χ0v) is 9.40. The van der Waals surface area contributed by atoms with Gasteiger partial charge in [0, 0.05) is 19.3 Å². The molecule has 8 heteroatoms. The van der Waals surface area contributed by atoms with E-state index in [0.717, 1.165) is 6.20 Å². The van der Waals surface area contributed by atoms with E-state index in [9.17, 15) is 18.0 Å². The maximum atomic E-state index is 12.3. The minimum absolute atomic E-state index is 0.0222. The molecule has 94 valence electrons. The number of alkyl halides is 3. The third-order valence-corrected chi connectivity index (χ3v) is 3.27. The van der Waals surface area contributed by atoms with E-state index in [1.54, 1.807) is 0 Å². The smallest absolute Gasteiger partial charge is 0.367 e. The second-order valence-electron chi connectivity index (χ2n) is 3.46. The lowest BCUT2D eigenvalue weighted by atomic mass is 10.2. The summed E-state index contributed by atoms with van der Waals surface area (Å²) in [6.07, 6.45) is -4.27. The molecule has 0 saturated carbocycles. The number of rotatable bonds is 2. The summed E-state index contributed by atoms with van der Waals surface area (Å²) >= 11 is 0.348. The normalized spacial score (nSPS) is 21.5. The molecule has 1 unspecified atom stereocenters. The first kappa shape index (κ1) is 12.5. The van der Waals surface area contributed by atoms with Gasteiger partial charge in [-0.1, -0.05) is 0 Å². The van der Waals surface area contributed by atoms with Gasteiger partial charge in [-0.15, -0.1) is 11.3 Å². The molecule has 0 bridgehead atoms. The number of ether oxygens (including phenoxy) is 1. The zero-order valence-electron chi connectivity index (χ0n) is 8.58. The van der Waals surface area contributed by atoms with Crippen LogP contribution in [0.1, 0.15) is 14.7 Å². The van der Waals surface area contributed by atoms with Crippen molar-refractivity contribution in [1.29, 1.82) is 0 Å². The fourth-order valence-electron chi connectivity index (χ4n) is 1.41. The van der Waals surface area contributed by atoms with Crippen LogP contribution in [0.15, 0.2) is 6.20 Å². The molecule has 0 aliphatic carbocycles. The fourth-order valence-corrected chi connectivity index (χ4v) is 2.18. The predicted molar refractivity (Wildman–Crippen MR) is 54.1 cm³/mol. The van der Waals surface area contributed by atoms with E-state index >= 15 is 0 Å². The van der Waals surface area contributed by atoms with E-state index in [2.05, 4.69) is 10.3 Å². The summed E-state index contributed by atoms with van der Waals surface area (Å²) < 4.78 is 42.1. The summed E-state index contributed by atoms with van der Waals surface area (Å²) in [6, 6.07) is 0. The molecule has 0 amide bonds. The number of Topliss-reactive ketones (excluding diaryl/α,β-unsaturated/α-hetero) is 1. The molecule has 17 heavy (non-hydrogen) atoms. The van der Waals surface area contributed by atoms with Gasteiger partial charge in [0.2, 0.25) is 5.78 Å². The highest BCUT2D eigenvalue weighted by Gasteiger charge is 2.36. The Morgan fingerprint density at radius 3 is 2.88 bits per heavy atom. The highest BCUT2D eigenvalue weighted by Crippen LogP contribution is 2.32. The summed E-state index contributed by atoms with van der Waals surface area (Å²) in [4.78, 5) is 15.0. The number of morpholine rings is 1. The van der Waals surface area contributed by atoms with Crippen molar-refractivity contribution in [2.45, 2.75) is 12.3 Å². The first-order chi connectivity index (χ1) is 7.98. The molecule has 1 atom stereocenters. The van der Waals surface area contributed by atoms with Gasteiger partial charge in [0.05, 0.1) is 11.5 Å². The average Bonchev–Trinajstić information content (AvgIpc) is 2.78. The lowest BCUT2D eigenvalue weighted by Gasteiger charge is -2.21. The Labute approximate surface area is 98.8 Å². The van der Waals surface area contributed by atoms with E-state index in [-0.39, 0.29) is 4.88 Å². The van der Waals surface area contributed by atoms with Crippen LogP contribution < -0.4 is 5.32 Å². The van der Waals surface area contributed by atoms with Crippen LogP contribution in [-0.2, 0) is 10.9 Å². The second-order valence-corrected chi connectivity index (χ2v) is 4.49. The van der Waals surface area contributed by atoms with Gasteiger partial charge in [-0.3, -0.25) is 4.79 Å². The number of thiazole rings is 1. The van der Waals surface area contributed by atoms with E-state index in [4.69, 9.17) is 4.74 Å². The van der Waals surface area contributed by atoms with Crippen molar-refractivity contribution in [3.63, 3.8) is 0 Å². The van der Waals surface area contributed by atoms with Crippen LogP contribution in [0.5, 0.6) is 0 Å². The van der Waals surface area contributed by atoms with E-state index in [1.165, 1.54) is 0 Å². The van der Waals surface area contributed by atoms with Crippen LogP contribution in [-0.4, -0.2) is 36.6 Å². The molecule has 1 saturated heterocycles. The maximum absolute atomic E-state index is 12.3. The largest absolute Gasteiger partial charge is 0.443 e. The number of aromatic nitrogens is 1. The van der Waals surface area contributed by atoms with Gasteiger partial charge in [-0.05, 0) is 0 Å². The minimum Gasteiger partial charge on any atom is -0.367 e. The van der Waals surface area contributed by atoms with Gasteiger partial charge in [-0.25, -0.2) is 4.98 Å². The molecule has 2 rings (SSSR count). The van der Waals surface area contributed by atoms with Crippen molar-refractivity contribution in [3.8, 4) is 0 Å². The van der Waals surface area contributed by atoms with E-state index in [0.29, 0.717) is 31.0 Å². The zero-order chi connectivity index (χ0) is 12.5. The van der Waals surface area contributed by atoms with E-state index < -0.39 is 23.1 Å². The van der Waals surface area contributed by atoms with Crippen molar-refractivity contribution in [2.75, 3.05) is 19.7 Å². The van der Waals surface area contributed by atoms with Gasteiger partial charge in [0.1, 0.15) is 6.10 Å². The predicted octanol–water partition coefficient (Wildman–Crippen LogP) is 1.33. The maximum Gasteiger partial charge on any atom is 0.443 e. The van der Waals surface area contributed by atoms with Crippen molar-refractivity contribution in [2.24, 2.45) is 0 Å². The molecule has 2 heterocycles. The average molecular weight is 266 g/mol. The summed E-state index contributed by atoms with van der Waals surface area (Å²) in [5.41, 5.74) is 0. The van der Waals surface area contributed by atoms with Crippen LogP contribution in [0.4, 0.5) is 13.2 Å². The van der Waals surface area contributed by atoms with Crippen LogP contribution >= 0.6 is 11.3 Å².